The van der Waals surface area contributed by atoms with Crippen LogP contribution in [0.4, 0.5) is 5.69 Å². The highest BCUT2D eigenvalue weighted by molar-refractivity contribution is 5.98. The van der Waals surface area contributed by atoms with Crippen LogP contribution in [0.15, 0.2) is 18.2 Å². The third-order valence-corrected chi connectivity index (χ3v) is 3.19. The van der Waals surface area contributed by atoms with Gasteiger partial charge in [0, 0.05) is 19.3 Å². The summed E-state index contributed by atoms with van der Waals surface area (Å²) in [6, 6.07) is 4.86. The second-order valence-electron chi connectivity index (χ2n) is 4.49. The van der Waals surface area contributed by atoms with Crippen LogP contribution in [0.2, 0.25) is 0 Å². The fraction of sp³-hybridized carbons (Fsp3) is 0.429. The molecule has 1 aliphatic rings. The standard InChI is InChI=1S/C14H17NO5/c1-19-6-7-20-9-13(16)15-5-4-10-2-3-11(14(17)18)8-12(10)15/h2-3,8H,4-7,9H2,1H3,(H,17,18). The summed E-state index contributed by atoms with van der Waals surface area (Å²) in [6.07, 6.45) is 0.735. The summed E-state index contributed by atoms with van der Waals surface area (Å²) in [4.78, 5) is 24.6. The van der Waals surface area contributed by atoms with E-state index in [9.17, 15) is 9.59 Å². The number of fused-ring (bicyclic) bond motifs is 1. The molecule has 1 amide bonds. The lowest BCUT2D eigenvalue weighted by Crippen LogP contribution is -2.32. The van der Waals surface area contributed by atoms with E-state index in [-0.39, 0.29) is 18.1 Å². The molecule has 6 heteroatoms. The Kier molecular flexibility index (Phi) is 4.70. The number of ether oxygens (including phenoxy) is 2. The average Bonchev–Trinajstić information content (AvgIpc) is 2.86. The maximum absolute atomic E-state index is 12.1. The molecule has 0 fully saturated rings. The lowest BCUT2D eigenvalue weighted by Gasteiger charge is -2.17. The molecule has 0 saturated carbocycles. The van der Waals surface area contributed by atoms with Crippen molar-refractivity contribution >= 4 is 17.6 Å². The van der Waals surface area contributed by atoms with Crippen molar-refractivity contribution in [1.29, 1.82) is 0 Å². The van der Waals surface area contributed by atoms with Gasteiger partial charge in [-0.3, -0.25) is 4.79 Å². The van der Waals surface area contributed by atoms with E-state index >= 15 is 0 Å². The minimum Gasteiger partial charge on any atom is -0.478 e. The van der Waals surface area contributed by atoms with Crippen LogP contribution in [-0.4, -0.2) is 50.5 Å². The summed E-state index contributed by atoms with van der Waals surface area (Å²) in [5.41, 5.74) is 1.84. The highest BCUT2D eigenvalue weighted by Gasteiger charge is 2.25. The van der Waals surface area contributed by atoms with E-state index in [0.717, 1.165) is 12.0 Å². The van der Waals surface area contributed by atoms with Gasteiger partial charge in [-0.1, -0.05) is 6.07 Å². The number of carboxylic acid groups (broad SMARTS) is 1. The van der Waals surface area contributed by atoms with Crippen molar-refractivity contribution in [2.75, 3.05) is 38.4 Å². The van der Waals surface area contributed by atoms with Crippen molar-refractivity contribution in [3.05, 3.63) is 29.3 Å². The predicted molar refractivity (Wildman–Crippen MR) is 72.2 cm³/mol. The van der Waals surface area contributed by atoms with E-state index in [2.05, 4.69) is 0 Å². The molecule has 0 unspecified atom stereocenters. The van der Waals surface area contributed by atoms with Crippen LogP contribution in [0.3, 0.4) is 0 Å². The second-order valence-corrected chi connectivity index (χ2v) is 4.49. The Morgan fingerprint density at radius 3 is 2.85 bits per heavy atom. The summed E-state index contributed by atoms with van der Waals surface area (Å²) in [5.74, 6) is -1.16. The van der Waals surface area contributed by atoms with Crippen LogP contribution in [0, 0.1) is 0 Å². The molecule has 1 N–H and O–H groups in total. The number of carbonyl (C=O) groups is 2. The number of benzene rings is 1. The van der Waals surface area contributed by atoms with Crippen molar-refractivity contribution in [2.24, 2.45) is 0 Å². The minimum atomic E-state index is -0.997. The van der Waals surface area contributed by atoms with E-state index in [1.54, 1.807) is 24.1 Å². The molecule has 108 valence electrons. The Morgan fingerprint density at radius 1 is 1.35 bits per heavy atom. The zero-order chi connectivity index (χ0) is 14.5. The first-order valence-corrected chi connectivity index (χ1v) is 6.36. The van der Waals surface area contributed by atoms with Gasteiger partial charge in [-0.05, 0) is 24.1 Å². The lowest BCUT2D eigenvalue weighted by molar-refractivity contribution is -0.123. The molecule has 1 heterocycles. The van der Waals surface area contributed by atoms with E-state index in [1.807, 2.05) is 0 Å². The van der Waals surface area contributed by atoms with Crippen molar-refractivity contribution in [1.82, 2.24) is 0 Å². The van der Waals surface area contributed by atoms with Gasteiger partial charge in [0.2, 0.25) is 0 Å². The van der Waals surface area contributed by atoms with E-state index in [0.29, 0.717) is 25.4 Å². The molecule has 2 rings (SSSR count). The van der Waals surface area contributed by atoms with Crippen molar-refractivity contribution < 1.29 is 24.2 Å². The number of amides is 1. The van der Waals surface area contributed by atoms with Gasteiger partial charge in [0.25, 0.3) is 5.91 Å². The molecule has 0 atom stereocenters. The summed E-state index contributed by atoms with van der Waals surface area (Å²) in [5, 5.41) is 9.00. The first-order valence-electron chi connectivity index (χ1n) is 6.36. The van der Waals surface area contributed by atoms with Crippen LogP contribution >= 0.6 is 0 Å². The van der Waals surface area contributed by atoms with Gasteiger partial charge in [-0.15, -0.1) is 0 Å². The number of carbonyl (C=O) groups excluding carboxylic acids is 1. The molecule has 0 aliphatic carbocycles. The smallest absolute Gasteiger partial charge is 0.335 e. The predicted octanol–water partition coefficient (Wildman–Crippen LogP) is 0.937. The SMILES string of the molecule is COCCOCC(=O)N1CCc2ccc(C(=O)O)cc21. The first kappa shape index (κ1) is 14.5. The summed E-state index contributed by atoms with van der Waals surface area (Å²) >= 11 is 0. The van der Waals surface area contributed by atoms with Crippen molar-refractivity contribution in [2.45, 2.75) is 6.42 Å². The zero-order valence-electron chi connectivity index (χ0n) is 11.3. The average molecular weight is 279 g/mol. The first-order chi connectivity index (χ1) is 9.63. The van der Waals surface area contributed by atoms with Crippen molar-refractivity contribution in [3.63, 3.8) is 0 Å². The van der Waals surface area contributed by atoms with Gasteiger partial charge in [0.15, 0.2) is 0 Å². The van der Waals surface area contributed by atoms with Gasteiger partial charge >= 0.3 is 5.97 Å². The Balaban J connectivity index is 2.04. The van der Waals surface area contributed by atoms with Crippen molar-refractivity contribution in [3.8, 4) is 0 Å². The van der Waals surface area contributed by atoms with Gasteiger partial charge in [-0.2, -0.15) is 0 Å². The quantitative estimate of drug-likeness (QED) is 0.784. The summed E-state index contributed by atoms with van der Waals surface area (Å²) in [7, 11) is 1.56. The number of anilines is 1. The normalized spacial score (nSPS) is 13.3. The number of aromatic carboxylic acids is 1. The molecule has 1 aromatic carbocycles. The minimum absolute atomic E-state index is 0.0277. The van der Waals surface area contributed by atoms with E-state index < -0.39 is 5.97 Å². The molecule has 0 spiro atoms. The Morgan fingerprint density at radius 2 is 2.15 bits per heavy atom. The fourth-order valence-electron chi connectivity index (χ4n) is 2.15. The van der Waals surface area contributed by atoms with E-state index in [4.69, 9.17) is 14.6 Å². The zero-order valence-corrected chi connectivity index (χ0v) is 11.3. The molecule has 0 bridgehead atoms. The van der Waals surface area contributed by atoms with Gasteiger partial charge in [-0.25, -0.2) is 4.79 Å². The number of hydrogen-bond acceptors (Lipinski definition) is 4. The highest BCUT2D eigenvalue weighted by atomic mass is 16.5. The largest absolute Gasteiger partial charge is 0.478 e. The fourth-order valence-corrected chi connectivity index (χ4v) is 2.15. The number of nitrogens with zero attached hydrogens (tertiary/aromatic N) is 1. The molecule has 0 saturated heterocycles. The maximum atomic E-state index is 12.1. The van der Waals surface area contributed by atoms with Crippen LogP contribution in [0.5, 0.6) is 0 Å². The van der Waals surface area contributed by atoms with Crippen LogP contribution in [-0.2, 0) is 20.7 Å². The lowest BCUT2D eigenvalue weighted by atomic mass is 10.1. The molecule has 0 radical (unpaired) electrons. The third kappa shape index (κ3) is 3.15. The van der Waals surface area contributed by atoms with Crippen LogP contribution in [0.1, 0.15) is 15.9 Å². The monoisotopic (exact) mass is 279 g/mol. The highest BCUT2D eigenvalue weighted by Crippen LogP contribution is 2.29. The summed E-state index contributed by atoms with van der Waals surface area (Å²) < 4.78 is 10.0. The molecule has 1 aliphatic heterocycles. The number of hydrogen-bond donors (Lipinski definition) is 1. The molecule has 20 heavy (non-hydrogen) atoms. The molecular weight excluding hydrogens is 262 g/mol. The topological polar surface area (TPSA) is 76.1 Å². The summed E-state index contributed by atoms with van der Waals surface area (Å²) in [6.45, 7) is 1.33. The van der Waals surface area contributed by atoms with Gasteiger partial charge in [0.1, 0.15) is 6.61 Å². The molecule has 0 aromatic heterocycles. The Bertz CT molecular complexity index is 514. The Hall–Kier alpha value is -1.92. The van der Waals surface area contributed by atoms with Gasteiger partial charge < -0.3 is 19.5 Å². The number of carboxylic acids is 1. The number of rotatable bonds is 6. The van der Waals surface area contributed by atoms with Gasteiger partial charge in [0.05, 0.1) is 18.8 Å². The molecular formula is C14H17NO5. The third-order valence-electron chi connectivity index (χ3n) is 3.19. The Labute approximate surface area is 116 Å². The second kappa shape index (κ2) is 6.49. The maximum Gasteiger partial charge on any atom is 0.335 e. The molecule has 1 aromatic rings. The van der Waals surface area contributed by atoms with E-state index in [1.165, 1.54) is 6.07 Å². The van der Waals surface area contributed by atoms with Crippen LogP contribution < -0.4 is 4.90 Å². The number of methoxy groups -OCH3 is 1. The molecule has 6 nitrogen and oxygen atoms in total. The van der Waals surface area contributed by atoms with Crippen LogP contribution in [0.25, 0.3) is 0 Å².